The lowest BCUT2D eigenvalue weighted by molar-refractivity contribution is -0.140. The van der Waals surface area contributed by atoms with Crippen molar-refractivity contribution in [1.29, 1.82) is 0 Å². The highest BCUT2D eigenvalue weighted by atomic mass is 35.5. The third-order valence-electron chi connectivity index (χ3n) is 7.30. The highest BCUT2D eigenvalue weighted by molar-refractivity contribution is 7.92. The van der Waals surface area contributed by atoms with Crippen molar-refractivity contribution in [3.63, 3.8) is 0 Å². The van der Waals surface area contributed by atoms with E-state index in [0.29, 0.717) is 23.2 Å². The van der Waals surface area contributed by atoms with Gasteiger partial charge >= 0.3 is 0 Å². The third-order valence-corrected chi connectivity index (χ3v) is 9.48. The van der Waals surface area contributed by atoms with Crippen molar-refractivity contribution in [3.05, 3.63) is 28.3 Å². The van der Waals surface area contributed by atoms with Crippen molar-refractivity contribution in [2.45, 2.75) is 58.5 Å². The minimum atomic E-state index is -2.94. The fourth-order valence-electron chi connectivity index (χ4n) is 5.43. The summed E-state index contributed by atoms with van der Waals surface area (Å²) in [7, 11) is -2.94. The molecule has 2 aliphatic heterocycles. The van der Waals surface area contributed by atoms with E-state index in [2.05, 4.69) is 22.0 Å². The largest absolute Gasteiger partial charge is 0.337 e. The van der Waals surface area contributed by atoms with Crippen LogP contribution in [0.1, 0.15) is 50.2 Å². The van der Waals surface area contributed by atoms with E-state index in [0.717, 1.165) is 56.4 Å². The van der Waals surface area contributed by atoms with Crippen LogP contribution in [0.5, 0.6) is 0 Å². The summed E-state index contributed by atoms with van der Waals surface area (Å²) in [6, 6.07) is 3.85. The van der Waals surface area contributed by atoms with Gasteiger partial charge in [0.15, 0.2) is 9.84 Å². The minimum Gasteiger partial charge on any atom is -0.337 e. The number of hydrogen-bond acceptors (Lipinski definition) is 5. The van der Waals surface area contributed by atoms with E-state index in [1.807, 2.05) is 13.0 Å². The van der Waals surface area contributed by atoms with Gasteiger partial charge in [-0.15, -0.1) is 0 Å². The van der Waals surface area contributed by atoms with E-state index in [9.17, 15) is 18.0 Å². The second kappa shape index (κ2) is 9.92. The zero-order valence-electron chi connectivity index (χ0n) is 19.5. The van der Waals surface area contributed by atoms with Crippen molar-refractivity contribution < 1.29 is 18.0 Å². The second-order valence-corrected chi connectivity index (χ2v) is 12.6. The summed E-state index contributed by atoms with van der Waals surface area (Å²) in [4.78, 5) is 29.7. The number of rotatable bonds is 6. The number of halogens is 1. The maximum atomic E-state index is 12.9. The van der Waals surface area contributed by atoms with Gasteiger partial charge in [-0.1, -0.05) is 24.4 Å². The molecule has 0 aromatic heterocycles. The molecule has 1 N–H and O–H groups in total. The lowest BCUT2D eigenvalue weighted by Gasteiger charge is -2.41. The average molecular weight is 496 g/mol. The van der Waals surface area contributed by atoms with Crippen LogP contribution in [0, 0.1) is 18.8 Å². The minimum absolute atomic E-state index is 0.0909. The van der Waals surface area contributed by atoms with Crippen LogP contribution in [-0.4, -0.2) is 67.2 Å². The molecule has 182 valence electrons. The Labute approximate surface area is 201 Å². The molecule has 0 unspecified atom stereocenters. The molecule has 1 saturated carbocycles. The predicted octanol–water partition coefficient (Wildman–Crippen LogP) is 3.24. The molecule has 0 spiro atoms. The molecule has 1 atom stereocenters. The molecule has 3 fully saturated rings. The average Bonchev–Trinajstić information content (AvgIpc) is 3.24. The predicted molar refractivity (Wildman–Crippen MR) is 130 cm³/mol. The number of piperazine rings is 1. The van der Waals surface area contributed by atoms with Gasteiger partial charge in [0, 0.05) is 55.3 Å². The van der Waals surface area contributed by atoms with Crippen LogP contribution in [-0.2, 0) is 26.0 Å². The number of carbonyl (C=O) groups excluding carboxylic acids is 2. The lowest BCUT2D eigenvalue weighted by Crippen LogP contribution is -2.54. The molecule has 1 aliphatic carbocycles. The molecule has 2 saturated heterocycles. The van der Waals surface area contributed by atoms with E-state index in [1.165, 1.54) is 0 Å². The fourth-order valence-corrected chi connectivity index (χ4v) is 7.25. The maximum Gasteiger partial charge on any atom is 0.226 e. The Bertz CT molecular complexity index is 1010. The zero-order chi connectivity index (χ0) is 23.8. The van der Waals surface area contributed by atoms with Gasteiger partial charge in [0.25, 0.3) is 0 Å². The number of nitrogens with zero attached hydrogens (tertiary/aromatic N) is 2. The Morgan fingerprint density at radius 1 is 1.15 bits per heavy atom. The summed E-state index contributed by atoms with van der Waals surface area (Å²) in [6.45, 7) is 7.15. The number of anilines is 1. The normalized spacial score (nSPS) is 24.0. The van der Waals surface area contributed by atoms with Crippen LogP contribution >= 0.6 is 11.6 Å². The van der Waals surface area contributed by atoms with Crippen molar-refractivity contribution in [1.82, 2.24) is 9.80 Å². The molecule has 3 aliphatic rings. The van der Waals surface area contributed by atoms with Crippen LogP contribution in [0.15, 0.2) is 12.1 Å². The summed E-state index contributed by atoms with van der Waals surface area (Å²) < 4.78 is 22.7. The summed E-state index contributed by atoms with van der Waals surface area (Å²) in [6.07, 6.45) is 4.58. The third kappa shape index (κ3) is 5.89. The SMILES string of the molecule is Cc1c(CN2CCN(C(=O)C3CCCC3)[C@@H](C)C2)cc(Cl)cc1NC(=O)CC1CS(=O)(=O)C1. The Hall–Kier alpha value is -1.64. The van der Waals surface area contributed by atoms with Crippen molar-refractivity contribution in [2.75, 3.05) is 36.5 Å². The first-order valence-electron chi connectivity index (χ1n) is 11.9. The molecular weight excluding hydrogens is 462 g/mol. The second-order valence-electron chi connectivity index (χ2n) is 10.0. The van der Waals surface area contributed by atoms with Gasteiger partial charge in [-0.25, -0.2) is 8.42 Å². The van der Waals surface area contributed by atoms with E-state index < -0.39 is 9.84 Å². The van der Waals surface area contributed by atoms with E-state index >= 15 is 0 Å². The quantitative estimate of drug-likeness (QED) is 0.654. The van der Waals surface area contributed by atoms with Crippen molar-refractivity contribution in [3.8, 4) is 0 Å². The van der Waals surface area contributed by atoms with Crippen LogP contribution < -0.4 is 5.32 Å². The smallest absolute Gasteiger partial charge is 0.226 e. The lowest BCUT2D eigenvalue weighted by atomic mass is 10.0. The van der Waals surface area contributed by atoms with E-state index in [-0.39, 0.29) is 41.7 Å². The molecule has 33 heavy (non-hydrogen) atoms. The Balaban J connectivity index is 1.36. The molecule has 7 nitrogen and oxygen atoms in total. The van der Waals surface area contributed by atoms with E-state index in [4.69, 9.17) is 11.6 Å². The van der Waals surface area contributed by atoms with Crippen LogP contribution in [0.2, 0.25) is 5.02 Å². The Morgan fingerprint density at radius 2 is 1.85 bits per heavy atom. The Morgan fingerprint density at radius 3 is 2.48 bits per heavy atom. The van der Waals surface area contributed by atoms with Gasteiger partial charge in [0.1, 0.15) is 0 Å². The molecule has 0 radical (unpaired) electrons. The molecule has 0 bridgehead atoms. The number of amides is 2. The highest BCUT2D eigenvalue weighted by Crippen LogP contribution is 2.30. The molecular formula is C24H34ClN3O4S. The fraction of sp³-hybridized carbons (Fsp3) is 0.667. The number of carbonyl (C=O) groups is 2. The van der Waals surface area contributed by atoms with Gasteiger partial charge < -0.3 is 10.2 Å². The standard InChI is InChI=1S/C24H34ClN3O4S/c1-16-12-27(7-8-28(16)24(30)19-5-3-4-6-19)13-20-10-21(25)11-22(17(20)2)26-23(29)9-18-14-33(31,32)15-18/h10-11,16,18-19H,3-9,12-15H2,1-2H3,(H,26,29)/t16-/m0/s1. The molecule has 2 heterocycles. The monoisotopic (exact) mass is 495 g/mol. The molecule has 1 aromatic carbocycles. The van der Waals surface area contributed by atoms with Crippen LogP contribution in [0.25, 0.3) is 0 Å². The van der Waals surface area contributed by atoms with Gasteiger partial charge in [0.2, 0.25) is 11.8 Å². The molecule has 2 amide bonds. The number of nitrogens with one attached hydrogen (secondary N) is 1. The summed E-state index contributed by atoms with van der Waals surface area (Å²) in [5.41, 5.74) is 2.69. The van der Waals surface area contributed by atoms with Gasteiger partial charge in [-0.2, -0.15) is 0 Å². The molecule has 4 rings (SSSR count). The van der Waals surface area contributed by atoms with Crippen LogP contribution in [0.3, 0.4) is 0 Å². The summed E-state index contributed by atoms with van der Waals surface area (Å²) in [5, 5.41) is 3.48. The summed E-state index contributed by atoms with van der Waals surface area (Å²) in [5.74, 6) is 0.433. The summed E-state index contributed by atoms with van der Waals surface area (Å²) >= 11 is 6.37. The first kappa shape index (κ1) is 24.5. The zero-order valence-corrected chi connectivity index (χ0v) is 21.1. The van der Waals surface area contributed by atoms with Crippen molar-refractivity contribution in [2.24, 2.45) is 11.8 Å². The first-order valence-corrected chi connectivity index (χ1v) is 14.1. The Kier molecular flexibility index (Phi) is 7.36. The molecule has 9 heteroatoms. The maximum absolute atomic E-state index is 12.9. The number of sulfone groups is 1. The number of hydrogen-bond donors (Lipinski definition) is 1. The van der Waals surface area contributed by atoms with Crippen LogP contribution in [0.4, 0.5) is 5.69 Å². The molecule has 1 aromatic rings. The van der Waals surface area contributed by atoms with Gasteiger partial charge in [-0.05, 0) is 55.9 Å². The van der Waals surface area contributed by atoms with Crippen molar-refractivity contribution >= 4 is 38.9 Å². The van der Waals surface area contributed by atoms with Gasteiger partial charge in [0.05, 0.1) is 11.5 Å². The van der Waals surface area contributed by atoms with Gasteiger partial charge in [-0.3, -0.25) is 14.5 Å². The topological polar surface area (TPSA) is 86.8 Å². The van der Waals surface area contributed by atoms with E-state index in [1.54, 1.807) is 6.07 Å². The highest BCUT2D eigenvalue weighted by Gasteiger charge is 2.35. The first-order chi connectivity index (χ1) is 15.6. The number of benzene rings is 1.